The molecule has 2 aromatic rings. The van der Waals surface area contributed by atoms with Gasteiger partial charge in [-0.15, -0.1) is 0 Å². The molecule has 4 rings (SSSR count). The maximum atomic E-state index is 13.5. The first-order valence-electron chi connectivity index (χ1n) is 10.8. The predicted octanol–water partition coefficient (Wildman–Crippen LogP) is 5.54. The lowest BCUT2D eigenvalue weighted by Gasteiger charge is -2.36. The van der Waals surface area contributed by atoms with Crippen LogP contribution in [0, 0.1) is 0 Å². The van der Waals surface area contributed by atoms with Gasteiger partial charge in [0.2, 0.25) is 0 Å². The monoisotopic (exact) mass is 485 g/mol. The summed E-state index contributed by atoms with van der Waals surface area (Å²) in [5, 5.41) is 4.60. The number of halogens is 2. The molecule has 0 bridgehead atoms. The summed E-state index contributed by atoms with van der Waals surface area (Å²) in [6.07, 6.45) is 1.02. The van der Waals surface area contributed by atoms with E-state index in [9.17, 15) is 9.59 Å². The van der Waals surface area contributed by atoms with Crippen LogP contribution in [0.4, 0.5) is 0 Å². The fraction of sp³-hybridized carbons (Fsp3) is 0.308. The number of carbonyl (C=O) groups is 2. The van der Waals surface area contributed by atoms with Crippen molar-refractivity contribution in [2.75, 3.05) is 20.3 Å². The zero-order valence-corrected chi connectivity index (χ0v) is 20.0. The molecule has 7 heteroatoms. The van der Waals surface area contributed by atoms with Crippen LogP contribution in [-0.4, -0.2) is 32.1 Å². The van der Waals surface area contributed by atoms with Crippen LogP contribution in [0.2, 0.25) is 10.0 Å². The molecule has 5 nitrogen and oxygen atoms in total. The Hall–Kier alpha value is -2.60. The minimum atomic E-state index is -0.521. The second-order valence-corrected chi connectivity index (χ2v) is 9.12. The largest absolute Gasteiger partial charge is 0.460 e. The normalized spacial score (nSPS) is 20.4. The minimum absolute atomic E-state index is 0.0124. The molecule has 1 N–H and O–H groups in total. The number of ether oxygens (including phenoxy) is 2. The van der Waals surface area contributed by atoms with E-state index in [4.69, 9.17) is 32.7 Å². The molecule has 0 saturated heterocycles. The van der Waals surface area contributed by atoms with Gasteiger partial charge in [-0.05, 0) is 54.7 Å². The van der Waals surface area contributed by atoms with Gasteiger partial charge in [-0.3, -0.25) is 4.79 Å². The summed E-state index contributed by atoms with van der Waals surface area (Å²) in [6, 6.07) is 14.9. The van der Waals surface area contributed by atoms with Crippen LogP contribution in [0.15, 0.2) is 71.1 Å². The molecule has 0 unspecified atom stereocenters. The molecule has 2 atom stereocenters. The van der Waals surface area contributed by atoms with E-state index in [0.29, 0.717) is 46.3 Å². The number of rotatable bonds is 6. The van der Waals surface area contributed by atoms with E-state index in [1.54, 1.807) is 19.2 Å². The Kier molecular flexibility index (Phi) is 7.23. The first-order valence-corrected chi connectivity index (χ1v) is 11.6. The second kappa shape index (κ2) is 10.1. The molecule has 2 aliphatic rings. The van der Waals surface area contributed by atoms with Gasteiger partial charge in [-0.2, -0.15) is 0 Å². The van der Waals surface area contributed by atoms with Crippen molar-refractivity contribution >= 4 is 35.0 Å². The van der Waals surface area contributed by atoms with Crippen molar-refractivity contribution < 1.29 is 19.1 Å². The molecular weight excluding hydrogens is 461 g/mol. The predicted molar refractivity (Wildman–Crippen MR) is 128 cm³/mol. The third-order valence-corrected chi connectivity index (χ3v) is 6.62. The van der Waals surface area contributed by atoms with E-state index in [-0.39, 0.29) is 18.3 Å². The Morgan fingerprint density at radius 2 is 1.58 bits per heavy atom. The van der Waals surface area contributed by atoms with Gasteiger partial charge in [-0.1, -0.05) is 47.5 Å². The van der Waals surface area contributed by atoms with Crippen LogP contribution in [0.1, 0.15) is 42.7 Å². The average Bonchev–Trinajstić information content (AvgIpc) is 2.79. The summed E-state index contributed by atoms with van der Waals surface area (Å²) in [6.45, 7) is 2.28. The molecule has 1 aliphatic carbocycles. The Balaban J connectivity index is 1.73. The molecule has 0 fully saturated rings. The van der Waals surface area contributed by atoms with Gasteiger partial charge in [0.25, 0.3) is 0 Å². The summed E-state index contributed by atoms with van der Waals surface area (Å²) in [7, 11) is 1.55. The number of benzene rings is 2. The zero-order valence-electron chi connectivity index (χ0n) is 18.5. The van der Waals surface area contributed by atoms with Crippen LogP contribution < -0.4 is 5.32 Å². The molecule has 0 radical (unpaired) electrons. The topological polar surface area (TPSA) is 64.6 Å². The van der Waals surface area contributed by atoms with Crippen molar-refractivity contribution in [2.45, 2.75) is 31.6 Å². The van der Waals surface area contributed by atoms with E-state index in [2.05, 4.69) is 5.32 Å². The summed E-state index contributed by atoms with van der Waals surface area (Å²) >= 11 is 12.2. The molecule has 1 aliphatic heterocycles. The number of ketones is 1. The number of carbonyl (C=O) groups excluding carboxylic acids is 2. The smallest absolute Gasteiger partial charge is 0.336 e. The Bertz CT molecular complexity index is 1120. The van der Waals surface area contributed by atoms with Crippen molar-refractivity contribution in [3.05, 3.63) is 92.2 Å². The van der Waals surface area contributed by atoms with Crippen LogP contribution in [0.25, 0.3) is 0 Å². The van der Waals surface area contributed by atoms with Crippen molar-refractivity contribution in [3.63, 3.8) is 0 Å². The third-order valence-electron chi connectivity index (χ3n) is 6.11. The number of dihydropyridines is 1. The quantitative estimate of drug-likeness (QED) is 0.429. The summed E-state index contributed by atoms with van der Waals surface area (Å²) < 4.78 is 10.5. The number of Topliss-reactive ketones (excluding diaryl/α,β-unsaturated/α-hetero) is 1. The number of hydrogen-bond donors (Lipinski definition) is 1. The molecular formula is C26H25Cl2NO4. The zero-order chi connectivity index (χ0) is 23.5. The lowest BCUT2D eigenvalue weighted by Crippen LogP contribution is -2.36. The number of hydrogen-bond acceptors (Lipinski definition) is 5. The van der Waals surface area contributed by atoms with E-state index in [1.807, 2.05) is 43.3 Å². The number of esters is 1. The molecule has 0 amide bonds. The van der Waals surface area contributed by atoms with E-state index in [0.717, 1.165) is 16.8 Å². The first-order chi connectivity index (χ1) is 15.9. The van der Waals surface area contributed by atoms with Gasteiger partial charge in [-0.25, -0.2) is 4.79 Å². The first kappa shape index (κ1) is 23.6. The molecule has 33 heavy (non-hydrogen) atoms. The van der Waals surface area contributed by atoms with Crippen molar-refractivity contribution in [3.8, 4) is 0 Å². The SMILES string of the molecule is COCCOC(=O)C1=C(C)NC2=C(C(=O)C[C@H](c3ccc(Cl)cc3)C2)[C@H]1c1ccc(Cl)cc1. The van der Waals surface area contributed by atoms with Gasteiger partial charge in [0.05, 0.1) is 12.2 Å². The summed E-state index contributed by atoms with van der Waals surface area (Å²) in [5.41, 5.74) is 4.47. The van der Waals surface area contributed by atoms with Gasteiger partial charge in [0.15, 0.2) is 5.78 Å². The fourth-order valence-corrected chi connectivity index (χ4v) is 4.82. The van der Waals surface area contributed by atoms with E-state index < -0.39 is 11.9 Å². The minimum Gasteiger partial charge on any atom is -0.460 e. The van der Waals surface area contributed by atoms with Crippen LogP contribution in [0.5, 0.6) is 0 Å². The van der Waals surface area contributed by atoms with E-state index in [1.165, 1.54) is 0 Å². The average molecular weight is 486 g/mol. The van der Waals surface area contributed by atoms with Crippen molar-refractivity contribution in [2.24, 2.45) is 0 Å². The van der Waals surface area contributed by atoms with Crippen molar-refractivity contribution in [1.82, 2.24) is 5.32 Å². The Labute approximate surface area is 203 Å². The number of methoxy groups -OCH3 is 1. The lowest BCUT2D eigenvalue weighted by molar-refractivity contribution is -0.140. The highest BCUT2D eigenvalue weighted by Crippen LogP contribution is 2.45. The standard InChI is InChI=1S/C26H25Cl2NO4/c1-15-23(26(31)33-12-11-32-2)24(17-5-9-20(28)10-6-17)25-21(29-15)13-18(14-22(25)30)16-3-7-19(27)8-4-16/h3-10,18,24,29H,11-14H2,1-2H3/t18-,24+/m1/s1. The van der Waals surface area contributed by atoms with Gasteiger partial charge >= 0.3 is 5.97 Å². The van der Waals surface area contributed by atoms with Crippen LogP contribution >= 0.6 is 23.2 Å². The van der Waals surface area contributed by atoms with Crippen molar-refractivity contribution in [1.29, 1.82) is 0 Å². The molecule has 0 saturated carbocycles. The van der Waals surface area contributed by atoms with E-state index >= 15 is 0 Å². The highest BCUT2D eigenvalue weighted by Gasteiger charge is 2.41. The molecule has 0 aromatic heterocycles. The third kappa shape index (κ3) is 5.01. The molecule has 0 spiro atoms. The molecule has 2 aromatic carbocycles. The van der Waals surface area contributed by atoms with Gasteiger partial charge in [0.1, 0.15) is 6.61 Å². The molecule has 172 valence electrons. The highest BCUT2D eigenvalue weighted by molar-refractivity contribution is 6.30. The fourth-order valence-electron chi connectivity index (χ4n) is 4.56. The second-order valence-electron chi connectivity index (χ2n) is 8.25. The lowest BCUT2D eigenvalue weighted by atomic mass is 9.72. The summed E-state index contributed by atoms with van der Waals surface area (Å²) in [4.78, 5) is 26.6. The number of allylic oxidation sites excluding steroid dienone is 3. The highest BCUT2D eigenvalue weighted by atomic mass is 35.5. The van der Waals surface area contributed by atoms with Crippen LogP contribution in [-0.2, 0) is 19.1 Å². The van der Waals surface area contributed by atoms with Crippen LogP contribution in [0.3, 0.4) is 0 Å². The maximum absolute atomic E-state index is 13.5. The Morgan fingerprint density at radius 3 is 2.18 bits per heavy atom. The van der Waals surface area contributed by atoms with Gasteiger partial charge < -0.3 is 14.8 Å². The maximum Gasteiger partial charge on any atom is 0.336 e. The van der Waals surface area contributed by atoms with Gasteiger partial charge in [0, 0.05) is 46.5 Å². The molecule has 1 heterocycles. The number of nitrogens with one attached hydrogen (secondary N) is 1. The Morgan fingerprint density at radius 1 is 0.970 bits per heavy atom. The summed E-state index contributed by atoms with van der Waals surface area (Å²) in [5.74, 6) is -0.934.